The molecule has 0 aromatic heterocycles. The van der Waals surface area contributed by atoms with E-state index in [2.05, 4.69) is 10.0 Å². The van der Waals surface area contributed by atoms with Crippen LogP contribution in [-0.4, -0.2) is 28.5 Å². The van der Waals surface area contributed by atoms with E-state index in [1.165, 1.54) is 20.3 Å². The van der Waals surface area contributed by atoms with Gasteiger partial charge < -0.3 is 14.8 Å². The molecule has 0 saturated heterocycles. The van der Waals surface area contributed by atoms with Crippen molar-refractivity contribution in [2.24, 2.45) is 0 Å². The highest BCUT2D eigenvalue weighted by Crippen LogP contribution is 2.29. The zero-order valence-corrected chi connectivity index (χ0v) is 17.7. The van der Waals surface area contributed by atoms with Gasteiger partial charge in [0.25, 0.3) is 5.91 Å². The quantitative estimate of drug-likeness (QED) is 0.554. The van der Waals surface area contributed by atoms with Gasteiger partial charge in [-0.3, -0.25) is 4.79 Å². The van der Waals surface area contributed by atoms with E-state index in [1.54, 1.807) is 36.4 Å². The number of sulfonamides is 1. The summed E-state index contributed by atoms with van der Waals surface area (Å²) in [4.78, 5) is 12.5. The molecule has 3 aromatic carbocycles. The average molecular weight is 444 g/mol. The summed E-state index contributed by atoms with van der Waals surface area (Å²) in [5.74, 6) is -0.897. The second-order valence-corrected chi connectivity index (χ2v) is 8.24. The van der Waals surface area contributed by atoms with Crippen LogP contribution in [0.4, 0.5) is 10.1 Å². The first kappa shape index (κ1) is 22.3. The Balaban J connectivity index is 1.84. The van der Waals surface area contributed by atoms with Gasteiger partial charge in [0.2, 0.25) is 10.0 Å². The van der Waals surface area contributed by atoms with Gasteiger partial charge in [0, 0.05) is 12.6 Å². The van der Waals surface area contributed by atoms with Crippen molar-refractivity contribution in [3.05, 3.63) is 83.7 Å². The molecule has 3 rings (SSSR count). The summed E-state index contributed by atoms with van der Waals surface area (Å²) in [5.41, 5.74) is 0.588. The minimum atomic E-state index is -3.97. The molecule has 0 spiro atoms. The summed E-state index contributed by atoms with van der Waals surface area (Å²) in [6.45, 7) is 0.0586. The summed E-state index contributed by atoms with van der Waals surface area (Å²) >= 11 is 0. The fourth-order valence-corrected chi connectivity index (χ4v) is 3.85. The number of halogens is 1. The molecule has 9 heteroatoms. The van der Waals surface area contributed by atoms with Crippen molar-refractivity contribution < 1.29 is 27.1 Å². The number of anilines is 1. The van der Waals surface area contributed by atoms with Crippen LogP contribution in [0.5, 0.6) is 11.5 Å². The van der Waals surface area contributed by atoms with Crippen LogP contribution in [0, 0.1) is 5.82 Å². The first-order valence-corrected chi connectivity index (χ1v) is 10.7. The Morgan fingerprint density at radius 3 is 2.39 bits per heavy atom. The molecule has 0 aliphatic carbocycles. The van der Waals surface area contributed by atoms with Crippen LogP contribution < -0.4 is 19.5 Å². The average Bonchev–Trinajstić information content (AvgIpc) is 2.78. The van der Waals surface area contributed by atoms with Crippen molar-refractivity contribution in [2.45, 2.75) is 11.4 Å². The van der Waals surface area contributed by atoms with Crippen molar-refractivity contribution in [1.29, 1.82) is 0 Å². The van der Waals surface area contributed by atoms with Crippen molar-refractivity contribution >= 4 is 21.6 Å². The van der Waals surface area contributed by atoms with E-state index in [-0.39, 0.29) is 17.1 Å². The van der Waals surface area contributed by atoms with Crippen LogP contribution >= 0.6 is 0 Å². The van der Waals surface area contributed by atoms with E-state index in [0.717, 1.165) is 23.8 Å². The lowest BCUT2D eigenvalue weighted by molar-refractivity contribution is 0.102. The van der Waals surface area contributed by atoms with Crippen molar-refractivity contribution in [1.82, 2.24) is 4.72 Å². The van der Waals surface area contributed by atoms with E-state index >= 15 is 0 Å². The molecule has 0 aliphatic rings. The second kappa shape index (κ2) is 9.59. The largest absolute Gasteiger partial charge is 0.497 e. The molecule has 0 bridgehead atoms. The predicted molar refractivity (Wildman–Crippen MR) is 114 cm³/mol. The summed E-state index contributed by atoms with van der Waals surface area (Å²) in [6.07, 6.45) is 0. The number of amides is 1. The van der Waals surface area contributed by atoms with Gasteiger partial charge in [-0.2, -0.15) is 0 Å². The van der Waals surface area contributed by atoms with Gasteiger partial charge in [0.15, 0.2) is 0 Å². The van der Waals surface area contributed by atoms with Crippen LogP contribution in [0.15, 0.2) is 71.6 Å². The Hall–Kier alpha value is -3.43. The molecule has 0 aliphatic heterocycles. The molecule has 0 saturated carbocycles. The third kappa shape index (κ3) is 5.39. The third-order valence-electron chi connectivity index (χ3n) is 4.46. The zero-order valence-electron chi connectivity index (χ0n) is 16.9. The van der Waals surface area contributed by atoms with Crippen LogP contribution in [0.3, 0.4) is 0 Å². The number of carbonyl (C=O) groups excluding carboxylic acids is 1. The van der Waals surface area contributed by atoms with Crippen LogP contribution in [0.1, 0.15) is 15.9 Å². The molecule has 0 atom stereocenters. The SMILES string of the molecule is COc1ccc(OC)c(NC(=O)c2cc(S(=O)(=O)NCc3ccccc3)ccc2F)c1. The van der Waals surface area contributed by atoms with Crippen LogP contribution in [-0.2, 0) is 16.6 Å². The molecule has 0 fully saturated rings. The topological polar surface area (TPSA) is 93.7 Å². The lowest BCUT2D eigenvalue weighted by Crippen LogP contribution is -2.24. The van der Waals surface area contributed by atoms with E-state index in [0.29, 0.717) is 11.5 Å². The Morgan fingerprint density at radius 2 is 1.71 bits per heavy atom. The minimum Gasteiger partial charge on any atom is -0.497 e. The molecule has 3 aromatic rings. The van der Waals surface area contributed by atoms with Gasteiger partial charge in [-0.1, -0.05) is 30.3 Å². The molecule has 162 valence electrons. The molecule has 1 amide bonds. The number of carbonyl (C=O) groups is 1. The van der Waals surface area contributed by atoms with Crippen molar-refractivity contribution in [2.75, 3.05) is 19.5 Å². The Morgan fingerprint density at radius 1 is 0.968 bits per heavy atom. The fraction of sp³-hybridized carbons (Fsp3) is 0.136. The third-order valence-corrected chi connectivity index (χ3v) is 5.86. The highest BCUT2D eigenvalue weighted by molar-refractivity contribution is 7.89. The molecule has 31 heavy (non-hydrogen) atoms. The number of rotatable bonds is 8. The number of ether oxygens (including phenoxy) is 2. The van der Waals surface area contributed by atoms with Gasteiger partial charge in [0.05, 0.1) is 30.4 Å². The second-order valence-electron chi connectivity index (χ2n) is 6.47. The minimum absolute atomic E-state index is 0.0586. The van der Waals surface area contributed by atoms with Gasteiger partial charge in [-0.15, -0.1) is 0 Å². The summed E-state index contributed by atoms with van der Waals surface area (Å²) in [6, 6.07) is 16.7. The van der Waals surface area contributed by atoms with Crippen LogP contribution in [0.25, 0.3) is 0 Å². The molecule has 0 radical (unpaired) electrons. The number of benzene rings is 3. The fourth-order valence-electron chi connectivity index (χ4n) is 2.80. The van der Waals surface area contributed by atoms with Gasteiger partial charge >= 0.3 is 0 Å². The highest BCUT2D eigenvalue weighted by Gasteiger charge is 2.20. The van der Waals surface area contributed by atoms with E-state index in [1.807, 2.05) is 6.07 Å². The van der Waals surface area contributed by atoms with Crippen LogP contribution in [0.2, 0.25) is 0 Å². The Bertz CT molecular complexity index is 1180. The first-order valence-electron chi connectivity index (χ1n) is 9.20. The maximum Gasteiger partial charge on any atom is 0.258 e. The predicted octanol–water partition coefficient (Wildman–Crippen LogP) is 3.57. The Kier molecular flexibility index (Phi) is 6.88. The maximum absolute atomic E-state index is 14.4. The molecular weight excluding hydrogens is 423 g/mol. The van der Waals surface area contributed by atoms with E-state index in [4.69, 9.17) is 9.47 Å². The summed E-state index contributed by atoms with van der Waals surface area (Å²) in [7, 11) is -1.09. The highest BCUT2D eigenvalue weighted by atomic mass is 32.2. The summed E-state index contributed by atoms with van der Waals surface area (Å²) in [5, 5.41) is 2.53. The van der Waals surface area contributed by atoms with Gasteiger partial charge in [-0.25, -0.2) is 17.5 Å². The Labute approximate surface area is 179 Å². The first-order chi connectivity index (χ1) is 14.8. The number of methoxy groups -OCH3 is 2. The number of hydrogen-bond acceptors (Lipinski definition) is 5. The number of nitrogens with one attached hydrogen (secondary N) is 2. The van der Waals surface area contributed by atoms with Crippen molar-refractivity contribution in [3.63, 3.8) is 0 Å². The van der Waals surface area contributed by atoms with Gasteiger partial charge in [0.1, 0.15) is 17.3 Å². The molecule has 7 nitrogen and oxygen atoms in total. The lowest BCUT2D eigenvalue weighted by Gasteiger charge is -2.13. The smallest absolute Gasteiger partial charge is 0.258 e. The zero-order chi connectivity index (χ0) is 22.4. The maximum atomic E-state index is 14.4. The number of hydrogen-bond donors (Lipinski definition) is 2. The van der Waals surface area contributed by atoms with E-state index in [9.17, 15) is 17.6 Å². The lowest BCUT2D eigenvalue weighted by atomic mass is 10.2. The molecule has 0 unspecified atom stereocenters. The molecule has 2 N–H and O–H groups in total. The van der Waals surface area contributed by atoms with E-state index < -0.39 is 27.3 Å². The standard InChI is InChI=1S/C22H21FN2O5S/c1-29-16-8-11-21(30-2)20(12-16)25-22(26)18-13-17(9-10-19(18)23)31(27,28)24-14-15-6-4-3-5-7-15/h3-13,24H,14H2,1-2H3,(H,25,26). The monoisotopic (exact) mass is 444 g/mol. The molecule has 0 heterocycles. The normalized spacial score (nSPS) is 11.1. The van der Waals surface area contributed by atoms with Gasteiger partial charge in [-0.05, 0) is 35.9 Å². The molecular formula is C22H21FN2O5S. The summed E-state index contributed by atoms with van der Waals surface area (Å²) < 4.78 is 52.4. The van der Waals surface area contributed by atoms with Crippen molar-refractivity contribution in [3.8, 4) is 11.5 Å².